The maximum Gasteiger partial charge on any atom is 0.171 e. The van der Waals surface area contributed by atoms with Crippen molar-refractivity contribution in [2.24, 2.45) is 5.41 Å². The van der Waals surface area contributed by atoms with Crippen LogP contribution >= 0.6 is 0 Å². The molecule has 2 aromatic rings. The first-order valence-electron chi connectivity index (χ1n) is 10.5. The second-order valence-corrected chi connectivity index (χ2v) is 8.99. The fourth-order valence-corrected chi connectivity index (χ4v) is 5.92. The van der Waals surface area contributed by atoms with E-state index in [1.54, 1.807) is 0 Å². The smallest absolute Gasteiger partial charge is 0.171 e. The zero-order valence-electron chi connectivity index (χ0n) is 16.7. The first kappa shape index (κ1) is 19.2. The summed E-state index contributed by atoms with van der Waals surface area (Å²) in [6, 6.07) is 20.7. The van der Waals surface area contributed by atoms with Gasteiger partial charge in [-0.25, -0.2) is 0 Å². The van der Waals surface area contributed by atoms with Crippen molar-refractivity contribution in [1.82, 2.24) is 4.90 Å². The summed E-state index contributed by atoms with van der Waals surface area (Å²) in [5, 5.41) is 22.1. The van der Waals surface area contributed by atoms with Crippen molar-refractivity contribution in [3.8, 4) is 0 Å². The Labute approximate surface area is 171 Å². The molecule has 0 aromatic heterocycles. The molecule has 1 spiro atoms. The average Bonchev–Trinajstić information content (AvgIpc) is 3.23. The molecule has 2 aromatic carbocycles. The van der Waals surface area contributed by atoms with Crippen LogP contribution < -0.4 is 0 Å². The van der Waals surface area contributed by atoms with Crippen LogP contribution in [0.15, 0.2) is 60.7 Å². The lowest BCUT2D eigenvalue weighted by atomic mass is 9.63. The van der Waals surface area contributed by atoms with Crippen molar-refractivity contribution in [1.29, 1.82) is 0 Å². The molecule has 0 amide bonds. The number of fused-ring (bicyclic) bond motifs is 2. The van der Waals surface area contributed by atoms with Gasteiger partial charge in [0.05, 0.1) is 31.5 Å². The van der Waals surface area contributed by atoms with Crippen molar-refractivity contribution in [2.45, 2.75) is 43.2 Å². The van der Waals surface area contributed by atoms with Crippen molar-refractivity contribution < 1.29 is 19.7 Å². The van der Waals surface area contributed by atoms with E-state index in [-0.39, 0.29) is 6.61 Å². The van der Waals surface area contributed by atoms with Gasteiger partial charge in [-0.15, -0.1) is 0 Å². The molecule has 5 rings (SSSR count). The van der Waals surface area contributed by atoms with E-state index >= 15 is 0 Å². The molecule has 1 saturated carbocycles. The van der Waals surface area contributed by atoms with E-state index in [9.17, 15) is 10.2 Å². The number of rotatable bonds is 5. The lowest BCUT2D eigenvalue weighted by molar-refractivity contribution is -0.240. The highest BCUT2D eigenvalue weighted by molar-refractivity contribution is 5.27. The zero-order valence-corrected chi connectivity index (χ0v) is 16.7. The monoisotopic (exact) mass is 395 g/mol. The van der Waals surface area contributed by atoms with Crippen molar-refractivity contribution >= 4 is 0 Å². The van der Waals surface area contributed by atoms with Gasteiger partial charge in [0.15, 0.2) is 5.79 Å². The van der Waals surface area contributed by atoms with Crippen LogP contribution in [0.3, 0.4) is 0 Å². The van der Waals surface area contributed by atoms with Crippen LogP contribution in [0.25, 0.3) is 0 Å². The van der Waals surface area contributed by atoms with Crippen molar-refractivity contribution in [2.75, 3.05) is 26.4 Å². The highest BCUT2D eigenvalue weighted by atomic mass is 16.7. The van der Waals surface area contributed by atoms with Crippen LogP contribution in [0.2, 0.25) is 0 Å². The minimum absolute atomic E-state index is 0.0789. The van der Waals surface area contributed by atoms with Crippen LogP contribution in [-0.2, 0) is 22.4 Å². The van der Waals surface area contributed by atoms with Gasteiger partial charge in [-0.1, -0.05) is 60.7 Å². The standard InChI is InChI=1S/C24H29NO4/c26-18-22-15-24(28-11-12-29-24)16-23(21(22)27,13-19-7-3-1-4-8-19)25(17-22)14-20-9-5-2-6-10-20/h1-10,21,26-27H,11-18H2/t21-,22?,23?/m0/s1. The van der Waals surface area contributed by atoms with Gasteiger partial charge in [0.25, 0.3) is 0 Å². The van der Waals surface area contributed by atoms with E-state index in [0.29, 0.717) is 39.0 Å². The van der Waals surface area contributed by atoms with Crippen LogP contribution in [0.4, 0.5) is 0 Å². The third-order valence-corrected chi connectivity index (χ3v) is 7.12. The molecule has 3 atom stereocenters. The van der Waals surface area contributed by atoms with Crippen LogP contribution in [0.1, 0.15) is 24.0 Å². The molecular weight excluding hydrogens is 366 g/mol. The Bertz CT molecular complexity index is 838. The Morgan fingerprint density at radius 1 is 0.897 bits per heavy atom. The molecule has 2 heterocycles. The fraction of sp³-hybridized carbons (Fsp3) is 0.500. The number of nitrogens with zero attached hydrogens (tertiary/aromatic N) is 1. The van der Waals surface area contributed by atoms with E-state index in [2.05, 4.69) is 29.2 Å². The summed E-state index contributed by atoms with van der Waals surface area (Å²) in [6.07, 6.45) is 1.17. The number of hydrogen-bond donors (Lipinski definition) is 2. The first-order valence-corrected chi connectivity index (χ1v) is 10.5. The molecule has 3 fully saturated rings. The highest BCUT2D eigenvalue weighted by Gasteiger charge is 2.69. The van der Waals surface area contributed by atoms with E-state index in [4.69, 9.17) is 9.47 Å². The molecule has 5 heteroatoms. The molecule has 29 heavy (non-hydrogen) atoms. The largest absolute Gasteiger partial charge is 0.396 e. The number of aliphatic hydroxyl groups excluding tert-OH is 2. The highest BCUT2D eigenvalue weighted by Crippen LogP contribution is 2.58. The predicted octanol–water partition coefficient (Wildman–Crippen LogP) is 2.36. The van der Waals surface area contributed by atoms with Gasteiger partial charge in [-0.2, -0.15) is 0 Å². The molecule has 5 nitrogen and oxygen atoms in total. The molecule has 2 N–H and O–H groups in total. The minimum Gasteiger partial charge on any atom is -0.396 e. The van der Waals surface area contributed by atoms with Gasteiger partial charge in [-0.05, 0) is 17.5 Å². The second-order valence-electron chi connectivity index (χ2n) is 8.99. The molecule has 2 bridgehead atoms. The van der Waals surface area contributed by atoms with Gasteiger partial charge in [0, 0.05) is 31.3 Å². The number of likely N-dealkylation sites (tertiary alicyclic amines) is 1. The first-order chi connectivity index (χ1) is 14.1. The van der Waals surface area contributed by atoms with Crippen molar-refractivity contribution in [3.63, 3.8) is 0 Å². The molecular formula is C24H29NO4. The topological polar surface area (TPSA) is 62.2 Å². The lowest BCUT2D eigenvalue weighted by Crippen LogP contribution is -2.63. The Morgan fingerprint density at radius 2 is 1.52 bits per heavy atom. The Kier molecular flexibility index (Phi) is 4.76. The number of aliphatic hydroxyl groups is 2. The summed E-state index contributed by atoms with van der Waals surface area (Å²) >= 11 is 0. The Hall–Kier alpha value is -1.76. The van der Waals surface area contributed by atoms with Crippen LogP contribution in [0.5, 0.6) is 0 Å². The predicted molar refractivity (Wildman–Crippen MR) is 109 cm³/mol. The molecule has 2 unspecified atom stereocenters. The van der Waals surface area contributed by atoms with Gasteiger partial charge < -0.3 is 19.7 Å². The number of ether oxygens (including phenoxy) is 2. The average molecular weight is 395 g/mol. The normalized spacial score (nSPS) is 33.4. The Balaban J connectivity index is 1.58. The number of hydrogen-bond acceptors (Lipinski definition) is 5. The summed E-state index contributed by atoms with van der Waals surface area (Å²) < 4.78 is 12.3. The fourth-order valence-electron chi connectivity index (χ4n) is 5.92. The molecule has 2 saturated heterocycles. The van der Waals surface area contributed by atoms with Gasteiger partial charge in [0.2, 0.25) is 0 Å². The maximum absolute atomic E-state index is 11.7. The maximum atomic E-state index is 11.7. The third kappa shape index (κ3) is 3.13. The Morgan fingerprint density at radius 3 is 2.14 bits per heavy atom. The van der Waals surface area contributed by atoms with E-state index in [1.165, 1.54) is 11.1 Å². The van der Waals surface area contributed by atoms with Crippen molar-refractivity contribution in [3.05, 3.63) is 71.8 Å². The molecule has 2 aliphatic heterocycles. The van der Waals surface area contributed by atoms with Gasteiger partial charge >= 0.3 is 0 Å². The molecule has 154 valence electrons. The van der Waals surface area contributed by atoms with Crippen LogP contribution in [0, 0.1) is 5.41 Å². The van der Waals surface area contributed by atoms with Gasteiger partial charge in [-0.3, -0.25) is 4.90 Å². The molecule has 1 aliphatic carbocycles. The summed E-state index contributed by atoms with van der Waals surface area (Å²) in [7, 11) is 0. The van der Waals surface area contributed by atoms with E-state index < -0.39 is 22.8 Å². The zero-order chi connectivity index (χ0) is 20.0. The summed E-state index contributed by atoms with van der Waals surface area (Å²) in [5.41, 5.74) is 1.18. The SMILES string of the molecule is OCC12CN(Cc3ccccc3)C(Cc3ccccc3)(CC3(C1)OCCO3)[C@H]2O. The molecule has 0 radical (unpaired) electrons. The van der Waals surface area contributed by atoms with E-state index in [0.717, 1.165) is 6.54 Å². The number of benzene rings is 2. The third-order valence-electron chi connectivity index (χ3n) is 7.12. The van der Waals surface area contributed by atoms with E-state index in [1.807, 2.05) is 36.4 Å². The second kappa shape index (κ2) is 7.18. The van der Waals surface area contributed by atoms with Gasteiger partial charge in [0.1, 0.15) is 0 Å². The quantitative estimate of drug-likeness (QED) is 0.814. The summed E-state index contributed by atoms with van der Waals surface area (Å²) in [6.45, 7) is 2.41. The summed E-state index contributed by atoms with van der Waals surface area (Å²) in [4.78, 5) is 2.37. The minimum atomic E-state index is -0.720. The molecule has 3 aliphatic rings. The lowest BCUT2D eigenvalue weighted by Gasteiger charge is -2.51. The van der Waals surface area contributed by atoms with Crippen LogP contribution in [-0.4, -0.2) is 58.9 Å². The summed E-state index contributed by atoms with van der Waals surface area (Å²) in [5.74, 6) is -0.720.